The lowest BCUT2D eigenvalue weighted by molar-refractivity contribution is -0.130. The number of ether oxygens (including phenoxy) is 3. The zero-order chi connectivity index (χ0) is 24.7. The van der Waals surface area contributed by atoms with Gasteiger partial charge in [-0.05, 0) is 67.7 Å². The molecule has 35 heavy (non-hydrogen) atoms. The lowest BCUT2D eigenvalue weighted by Gasteiger charge is -2.56. The smallest absolute Gasteiger partial charge is 0.236 e. The Morgan fingerprint density at radius 3 is 2.54 bits per heavy atom. The minimum Gasteiger partial charge on any atom is -0.497 e. The number of methoxy groups -OCH3 is 2. The summed E-state index contributed by atoms with van der Waals surface area (Å²) in [4.78, 5) is 15.7. The molecule has 1 saturated heterocycles. The Morgan fingerprint density at radius 1 is 1.11 bits per heavy atom. The van der Waals surface area contributed by atoms with Crippen molar-refractivity contribution in [3.05, 3.63) is 77.3 Å². The van der Waals surface area contributed by atoms with Crippen LogP contribution in [-0.4, -0.2) is 31.0 Å². The summed E-state index contributed by atoms with van der Waals surface area (Å²) in [6.07, 6.45) is 0. The van der Waals surface area contributed by atoms with Crippen molar-refractivity contribution in [1.29, 1.82) is 0 Å². The Labute approximate surface area is 213 Å². The molecule has 1 fully saturated rings. The predicted octanol–water partition coefficient (Wildman–Crippen LogP) is 5.16. The quantitative estimate of drug-likeness (QED) is 0.460. The molecule has 0 aliphatic carbocycles. The average Bonchev–Trinajstić information content (AvgIpc) is 2.83. The Bertz CT molecular complexity index is 1300. The van der Waals surface area contributed by atoms with Gasteiger partial charge in [0.1, 0.15) is 11.7 Å². The number of halogens is 1. The number of anilines is 2. The van der Waals surface area contributed by atoms with Gasteiger partial charge < -0.3 is 24.8 Å². The molecule has 180 valence electrons. The molecule has 2 N–H and O–H groups in total. The van der Waals surface area contributed by atoms with Gasteiger partial charge in [-0.1, -0.05) is 29.8 Å². The number of nitrogens with zero attached hydrogens (tertiary/aromatic N) is 1. The highest BCUT2D eigenvalue weighted by molar-refractivity contribution is 7.80. The van der Waals surface area contributed by atoms with E-state index in [0.29, 0.717) is 38.8 Å². The van der Waals surface area contributed by atoms with Crippen LogP contribution in [-0.2, 0) is 4.79 Å². The van der Waals surface area contributed by atoms with E-state index in [0.717, 1.165) is 5.56 Å². The molecule has 7 nitrogen and oxygen atoms in total. The Balaban J connectivity index is 1.62. The molecule has 9 heteroatoms. The van der Waals surface area contributed by atoms with Crippen molar-refractivity contribution in [3.63, 3.8) is 0 Å². The highest BCUT2D eigenvalue weighted by Crippen LogP contribution is 2.52. The number of carbonyl (C=O) groups excluding carboxylic acids is 1. The van der Waals surface area contributed by atoms with Gasteiger partial charge in [0.05, 0.1) is 20.3 Å². The zero-order valence-electron chi connectivity index (χ0n) is 19.4. The van der Waals surface area contributed by atoms with E-state index >= 15 is 0 Å². The molecule has 0 unspecified atom stereocenters. The summed E-state index contributed by atoms with van der Waals surface area (Å²) in [6.45, 7) is 1.86. The van der Waals surface area contributed by atoms with Gasteiger partial charge in [-0.15, -0.1) is 0 Å². The van der Waals surface area contributed by atoms with E-state index in [1.807, 2.05) is 37.3 Å². The highest BCUT2D eigenvalue weighted by atomic mass is 35.5. The van der Waals surface area contributed by atoms with Gasteiger partial charge in [0, 0.05) is 22.0 Å². The highest BCUT2D eigenvalue weighted by Gasteiger charge is 2.59. The van der Waals surface area contributed by atoms with Gasteiger partial charge in [-0.25, -0.2) is 0 Å². The SMILES string of the molecule is COc1ccc(NC(=O)[C@H]2[C@H]3NC(=S)N(c4cccc(Cl)c4)[C@@]2(C)Oc2c(OC)cccc23)cc1. The van der Waals surface area contributed by atoms with E-state index in [2.05, 4.69) is 10.6 Å². The molecule has 3 atom stereocenters. The summed E-state index contributed by atoms with van der Waals surface area (Å²) in [7, 11) is 3.19. The van der Waals surface area contributed by atoms with Crippen LogP contribution in [0.4, 0.5) is 11.4 Å². The van der Waals surface area contributed by atoms with Crippen molar-refractivity contribution in [2.75, 3.05) is 24.4 Å². The van der Waals surface area contributed by atoms with E-state index in [-0.39, 0.29) is 5.91 Å². The number of para-hydroxylation sites is 1. The third-order valence-corrected chi connectivity index (χ3v) is 6.95. The van der Waals surface area contributed by atoms with Gasteiger partial charge >= 0.3 is 0 Å². The molecular formula is C26H24ClN3O4S. The fourth-order valence-corrected chi connectivity index (χ4v) is 5.43. The van der Waals surface area contributed by atoms with E-state index in [1.54, 1.807) is 55.5 Å². The third-order valence-electron chi connectivity index (χ3n) is 6.42. The molecule has 0 aromatic heterocycles. The van der Waals surface area contributed by atoms with Crippen LogP contribution in [0.25, 0.3) is 0 Å². The van der Waals surface area contributed by atoms with Crippen LogP contribution in [0.15, 0.2) is 66.7 Å². The summed E-state index contributed by atoms with van der Waals surface area (Å²) < 4.78 is 17.5. The monoisotopic (exact) mass is 509 g/mol. The first-order valence-corrected chi connectivity index (χ1v) is 11.8. The molecule has 2 bridgehead atoms. The van der Waals surface area contributed by atoms with Gasteiger partial charge in [0.2, 0.25) is 5.91 Å². The normalized spacial score (nSPS) is 22.4. The summed E-state index contributed by atoms with van der Waals surface area (Å²) in [5, 5.41) is 7.39. The summed E-state index contributed by atoms with van der Waals surface area (Å²) in [6, 6.07) is 19.6. The number of hydrogen-bond donors (Lipinski definition) is 2. The van der Waals surface area contributed by atoms with Crippen molar-refractivity contribution in [1.82, 2.24) is 5.32 Å². The van der Waals surface area contributed by atoms with E-state index in [4.69, 9.17) is 38.0 Å². The second kappa shape index (κ2) is 8.94. The number of nitrogens with one attached hydrogen (secondary N) is 2. The Morgan fingerprint density at radius 2 is 1.86 bits per heavy atom. The second-order valence-electron chi connectivity index (χ2n) is 8.47. The first kappa shape index (κ1) is 23.3. The van der Waals surface area contributed by atoms with E-state index in [1.165, 1.54) is 0 Å². The third kappa shape index (κ3) is 3.92. The molecule has 0 radical (unpaired) electrons. The zero-order valence-corrected chi connectivity index (χ0v) is 20.9. The first-order valence-electron chi connectivity index (χ1n) is 11.0. The molecular weight excluding hydrogens is 486 g/mol. The maximum Gasteiger partial charge on any atom is 0.236 e. The molecule has 5 rings (SSSR count). The molecule has 1 amide bonds. The van der Waals surface area contributed by atoms with Gasteiger partial charge in [0.25, 0.3) is 0 Å². The molecule has 3 aromatic rings. The van der Waals surface area contributed by atoms with Crippen molar-refractivity contribution in [2.45, 2.75) is 18.7 Å². The van der Waals surface area contributed by atoms with Crippen LogP contribution >= 0.6 is 23.8 Å². The number of rotatable bonds is 5. The lowest BCUT2D eigenvalue weighted by atomic mass is 9.78. The number of fused-ring (bicyclic) bond motifs is 4. The maximum absolute atomic E-state index is 13.9. The summed E-state index contributed by atoms with van der Waals surface area (Å²) in [5.74, 6) is 0.937. The van der Waals surface area contributed by atoms with Crippen molar-refractivity contribution in [2.24, 2.45) is 5.92 Å². The van der Waals surface area contributed by atoms with Crippen LogP contribution in [0.5, 0.6) is 17.2 Å². The number of hydrogen-bond acceptors (Lipinski definition) is 5. The van der Waals surface area contributed by atoms with Crippen molar-refractivity contribution in [3.8, 4) is 17.2 Å². The van der Waals surface area contributed by atoms with Crippen LogP contribution in [0.3, 0.4) is 0 Å². The molecule has 0 saturated carbocycles. The van der Waals surface area contributed by atoms with Crippen LogP contribution in [0, 0.1) is 5.92 Å². The fourth-order valence-electron chi connectivity index (χ4n) is 4.83. The fraction of sp³-hybridized carbons (Fsp3) is 0.231. The number of thiocarbonyl (C=S) groups is 1. The summed E-state index contributed by atoms with van der Waals surface area (Å²) >= 11 is 12.1. The maximum atomic E-state index is 13.9. The molecule has 2 heterocycles. The van der Waals surface area contributed by atoms with Crippen molar-refractivity contribution < 1.29 is 19.0 Å². The summed E-state index contributed by atoms with van der Waals surface area (Å²) in [5.41, 5.74) is 0.961. The van der Waals surface area contributed by atoms with Gasteiger partial charge in [0.15, 0.2) is 22.3 Å². The molecule has 2 aliphatic rings. The van der Waals surface area contributed by atoms with Crippen LogP contribution in [0.1, 0.15) is 18.5 Å². The number of amides is 1. The lowest BCUT2D eigenvalue weighted by Crippen LogP contribution is -2.72. The van der Waals surface area contributed by atoms with E-state index < -0.39 is 17.7 Å². The number of carbonyl (C=O) groups is 1. The number of benzene rings is 3. The topological polar surface area (TPSA) is 72.1 Å². The molecule has 3 aromatic carbocycles. The minimum atomic E-state index is -1.18. The van der Waals surface area contributed by atoms with Gasteiger partial charge in [-0.3, -0.25) is 9.69 Å². The second-order valence-corrected chi connectivity index (χ2v) is 9.30. The first-order chi connectivity index (χ1) is 16.9. The largest absolute Gasteiger partial charge is 0.497 e. The Hall–Kier alpha value is -3.49. The molecule has 2 aliphatic heterocycles. The van der Waals surface area contributed by atoms with Gasteiger partial charge in [-0.2, -0.15) is 0 Å². The van der Waals surface area contributed by atoms with Crippen LogP contribution < -0.4 is 29.7 Å². The van der Waals surface area contributed by atoms with Crippen LogP contribution in [0.2, 0.25) is 5.02 Å². The standard InChI is InChI=1S/C26H24ClN3O4S/c1-26-21(24(31)28-16-10-12-18(32-2)13-11-16)22(19-8-5-9-20(33-3)23(19)34-26)29-25(35)30(26)17-7-4-6-15(27)14-17/h4-14,21-22H,1-3H3,(H,28,31)(H,29,35)/t21-,22+,26+/m1/s1. The average molecular weight is 510 g/mol. The predicted molar refractivity (Wildman–Crippen MR) is 140 cm³/mol. The molecule has 0 spiro atoms. The van der Waals surface area contributed by atoms with Crippen molar-refractivity contribution >= 4 is 46.2 Å². The minimum absolute atomic E-state index is 0.224. The van der Waals surface area contributed by atoms with E-state index in [9.17, 15) is 4.79 Å². The Kier molecular flexibility index (Phi) is 5.94.